The van der Waals surface area contributed by atoms with Crippen molar-refractivity contribution < 1.29 is 19.2 Å². The number of benzene rings is 3. The fourth-order valence-electron chi connectivity index (χ4n) is 5.34. The largest absolute Gasteiger partial charge is 0.444 e. The Morgan fingerprint density at radius 2 is 1.73 bits per heavy atom. The number of aliphatic hydroxyl groups is 1. The molecule has 1 aliphatic rings. The van der Waals surface area contributed by atoms with Gasteiger partial charge in [-0.25, -0.2) is 10.2 Å². The Morgan fingerprint density at radius 1 is 0.955 bits per heavy atom. The molecule has 0 aliphatic carbocycles. The number of nitrogens with zero attached hydrogens (tertiary/aromatic N) is 5. The van der Waals surface area contributed by atoms with Crippen LogP contribution in [0.4, 0.5) is 4.79 Å². The molecule has 11 nitrogen and oxygen atoms in total. The summed E-state index contributed by atoms with van der Waals surface area (Å²) in [6, 6.07) is 25.4. The van der Waals surface area contributed by atoms with Crippen molar-refractivity contribution >= 4 is 11.8 Å². The molecule has 44 heavy (non-hydrogen) atoms. The number of aliphatic hydroxyl groups excluding tert-OH is 1. The Balaban J connectivity index is 1.38. The fourth-order valence-corrected chi connectivity index (χ4v) is 5.34. The van der Waals surface area contributed by atoms with E-state index in [9.17, 15) is 9.90 Å². The molecule has 1 unspecified atom stereocenters. The number of aromatic nitrogens is 4. The maximum atomic E-state index is 12.7. The lowest BCUT2D eigenvalue weighted by atomic mass is 9.98. The van der Waals surface area contributed by atoms with Crippen molar-refractivity contribution in [1.82, 2.24) is 30.8 Å². The molecule has 0 bridgehead atoms. The van der Waals surface area contributed by atoms with Crippen LogP contribution in [-0.4, -0.2) is 43.4 Å². The molecule has 0 spiro atoms. The third-order valence-electron chi connectivity index (χ3n) is 7.57. The number of fused-ring (bicyclic) bond motifs is 3. The highest BCUT2D eigenvalue weighted by Gasteiger charge is 2.30. The van der Waals surface area contributed by atoms with Crippen molar-refractivity contribution in [3.8, 4) is 5.69 Å². The van der Waals surface area contributed by atoms with Crippen LogP contribution in [0.3, 0.4) is 0 Å². The number of ether oxygens (including phenoxy) is 1. The molecule has 3 heterocycles. The standard InChI is InChI=1S/C33H33N7O4/c1-21-26(22(2)44-39-21)15-16-29-35-37-32-31(36-38-33(42)43-20-24-9-5-3-6-10-24)34-30(25-11-7-4-8-12-25)27-14-13-23(17-18-41)19-28(27)40(29)32/h3-14,19,31,36,41H,15-18,20H2,1-2H3,(H,38,42). The number of amides is 1. The number of carbonyl (C=O) groups excluding carboxylic acids is 1. The summed E-state index contributed by atoms with van der Waals surface area (Å²) in [5.41, 5.74) is 12.7. The smallest absolute Gasteiger partial charge is 0.422 e. The fraction of sp³-hybridized carbons (Fsp3) is 0.242. The number of hydrogen-bond acceptors (Lipinski definition) is 9. The lowest BCUT2D eigenvalue weighted by Gasteiger charge is -2.16. The van der Waals surface area contributed by atoms with E-state index in [0.717, 1.165) is 50.7 Å². The topological polar surface area (TPSA) is 140 Å². The molecule has 224 valence electrons. The summed E-state index contributed by atoms with van der Waals surface area (Å²) in [6.07, 6.45) is 0.248. The molecular formula is C33H33N7O4. The highest BCUT2D eigenvalue weighted by Crippen LogP contribution is 2.31. The Morgan fingerprint density at radius 3 is 2.45 bits per heavy atom. The first-order chi connectivity index (χ1) is 21.5. The maximum absolute atomic E-state index is 12.7. The Labute approximate surface area is 254 Å². The first-order valence-electron chi connectivity index (χ1n) is 14.5. The van der Waals surface area contributed by atoms with Gasteiger partial charge in [0, 0.05) is 29.7 Å². The van der Waals surface area contributed by atoms with Crippen molar-refractivity contribution in [3.63, 3.8) is 0 Å². The molecule has 1 atom stereocenters. The van der Waals surface area contributed by atoms with E-state index in [4.69, 9.17) is 14.3 Å². The molecule has 6 rings (SSSR count). The van der Waals surface area contributed by atoms with Gasteiger partial charge in [0.1, 0.15) is 18.2 Å². The van der Waals surface area contributed by atoms with E-state index in [1.165, 1.54) is 0 Å². The number of hydrazine groups is 1. The number of nitrogens with one attached hydrogen (secondary N) is 2. The normalized spacial score (nSPS) is 13.9. The van der Waals surface area contributed by atoms with Crippen molar-refractivity contribution in [2.75, 3.05) is 6.61 Å². The zero-order valence-corrected chi connectivity index (χ0v) is 24.5. The molecular weight excluding hydrogens is 558 g/mol. The summed E-state index contributed by atoms with van der Waals surface area (Å²) < 4.78 is 12.8. The first-order valence-corrected chi connectivity index (χ1v) is 14.5. The van der Waals surface area contributed by atoms with Gasteiger partial charge in [0.2, 0.25) is 0 Å². The third kappa shape index (κ3) is 6.14. The molecule has 0 saturated carbocycles. The van der Waals surface area contributed by atoms with Crippen LogP contribution >= 0.6 is 0 Å². The number of rotatable bonds is 10. The quantitative estimate of drug-likeness (QED) is 0.202. The molecule has 0 fully saturated rings. The third-order valence-corrected chi connectivity index (χ3v) is 7.57. The number of carbonyl (C=O) groups is 1. The average Bonchev–Trinajstić information content (AvgIpc) is 3.58. The molecule has 0 saturated heterocycles. The summed E-state index contributed by atoms with van der Waals surface area (Å²) in [5.74, 6) is 1.98. The van der Waals surface area contributed by atoms with Crippen molar-refractivity contribution in [3.05, 3.63) is 130 Å². The van der Waals surface area contributed by atoms with Gasteiger partial charge in [-0.15, -0.1) is 10.2 Å². The van der Waals surface area contributed by atoms with Crippen molar-refractivity contribution in [2.45, 2.75) is 45.9 Å². The predicted molar refractivity (Wildman–Crippen MR) is 163 cm³/mol. The van der Waals surface area contributed by atoms with Gasteiger partial charge in [-0.05, 0) is 43.9 Å². The molecule has 3 N–H and O–H groups in total. The summed E-state index contributed by atoms with van der Waals surface area (Å²) >= 11 is 0. The van der Waals surface area contributed by atoms with Gasteiger partial charge >= 0.3 is 6.09 Å². The van der Waals surface area contributed by atoms with Gasteiger partial charge in [-0.3, -0.25) is 15.0 Å². The van der Waals surface area contributed by atoms with Gasteiger partial charge in [0.15, 0.2) is 12.0 Å². The molecule has 1 amide bonds. The predicted octanol–water partition coefficient (Wildman–Crippen LogP) is 4.47. The highest BCUT2D eigenvalue weighted by molar-refractivity contribution is 6.15. The van der Waals surface area contributed by atoms with Crippen molar-refractivity contribution in [2.24, 2.45) is 4.99 Å². The SMILES string of the molecule is Cc1noc(C)c1CCc1nnc2n1-c1cc(CCO)ccc1C(c1ccccc1)=NC2NNC(=O)OCc1ccccc1. The molecule has 1 aliphatic heterocycles. The van der Waals surface area contributed by atoms with Crippen LogP contribution in [-0.2, 0) is 30.6 Å². The van der Waals surface area contributed by atoms with Crippen LogP contribution < -0.4 is 10.9 Å². The highest BCUT2D eigenvalue weighted by atomic mass is 16.6. The minimum atomic E-state index is -0.802. The van der Waals surface area contributed by atoms with Gasteiger partial charge in [0.25, 0.3) is 0 Å². The first kappa shape index (κ1) is 29.0. The van der Waals surface area contributed by atoms with Crippen molar-refractivity contribution in [1.29, 1.82) is 0 Å². The Bertz CT molecular complexity index is 1760. The summed E-state index contributed by atoms with van der Waals surface area (Å²) in [5, 5.41) is 23.0. The van der Waals surface area contributed by atoms with Crippen LogP contribution in [0.15, 0.2) is 88.4 Å². The van der Waals surface area contributed by atoms with Crippen LogP contribution in [0.1, 0.15) is 57.1 Å². The van der Waals surface area contributed by atoms with E-state index in [0.29, 0.717) is 30.9 Å². The van der Waals surface area contributed by atoms with Gasteiger partial charge in [0.05, 0.1) is 17.1 Å². The van der Waals surface area contributed by atoms with Crippen LogP contribution in [0.2, 0.25) is 0 Å². The van der Waals surface area contributed by atoms with Gasteiger partial charge < -0.3 is 14.4 Å². The molecule has 3 aromatic carbocycles. The van der Waals surface area contributed by atoms with E-state index >= 15 is 0 Å². The van der Waals surface area contributed by atoms with E-state index in [1.54, 1.807) is 0 Å². The Kier molecular flexibility index (Phi) is 8.57. The monoisotopic (exact) mass is 591 g/mol. The Hall–Kier alpha value is -5.13. The van der Waals surface area contributed by atoms with E-state index in [-0.39, 0.29) is 13.2 Å². The summed E-state index contributed by atoms with van der Waals surface area (Å²) in [7, 11) is 0. The van der Waals surface area contributed by atoms with E-state index < -0.39 is 12.3 Å². The van der Waals surface area contributed by atoms with Gasteiger partial charge in [-0.2, -0.15) is 0 Å². The molecule has 2 aromatic heterocycles. The average molecular weight is 592 g/mol. The zero-order valence-electron chi connectivity index (χ0n) is 24.5. The van der Waals surface area contributed by atoms with Crippen LogP contribution in [0, 0.1) is 13.8 Å². The number of aliphatic imine (C=N–C) groups is 1. The second-order valence-corrected chi connectivity index (χ2v) is 10.5. The summed E-state index contributed by atoms with van der Waals surface area (Å²) in [6.45, 7) is 3.97. The van der Waals surface area contributed by atoms with E-state index in [1.807, 2.05) is 97.3 Å². The van der Waals surface area contributed by atoms with Gasteiger partial charge in [-0.1, -0.05) is 78.0 Å². The number of hydrogen-bond donors (Lipinski definition) is 3. The maximum Gasteiger partial charge on any atom is 0.422 e. The molecule has 11 heteroatoms. The zero-order chi connectivity index (χ0) is 30.5. The molecule has 0 radical (unpaired) electrons. The second-order valence-electron chi connectivity index (χ2n) is 10.5. The lowest BCUT2D eigenvalue weighted by Crippen LogP contribution is -2.40. The lowest BCUT2D eigenvalue weighted by molar-refractivity contribution is 0.132. The van der Waals surface area contributed by atoms with E-state index in [2.05, 4.69) is 26.2 Å². The summed E-state index contributed by atoms with van der Waals surface area (Å²) in [4.78, 5) is 17.8. The minimum absolute atomic E-state index is 0.0194. The number of aryl methyl sites for hydroxylation is 3. The second kappa shape index (κ2) is 13.0. The van der Waals surface area contributed by atoms with Crippen LogP contribution in [0.25, 0.3) is 5.69 Å². The van der Waals surface area contributed by atoms with Crippen LogP contribution in [0.5, 0.6) is 0 Å². The minimum Gasteiger partial charge on any atom is -0.444 e. The molecule has 5 aromatic rings.